The highest BCUT2D eigenvalue weighted by molar-refractivity contribution is 5.33. The van der Waals surface area contributed by atoms with Gasteiger partial charge in [-0.25, -0.2) is 4.39 Å². The van der Waals surface area contributed by atoms with Crippen molar-refractivity contribution >= 4 is 0 Å². The summed E-state index contributed by atoms with van der Waals surface area (Å²) in [5, 5.41) is 12.9. The number of hydrogen-bond donors (Lipinski definition) is 2. The molecule has 0 heterocycles. The highest BCUT2D eigenvalue weighted by Crippen LogP contribution is 2.26. The van der Waals surface area contributed by atoms with Gasteiger partial charge in [0.1, 0.15) is 0 Å². The third-order valence-electron chi connectivity index (χ3n) is 3.35. The van der Waals surface area contributed by atoms with Crippen LogP contribution in [0.5, 0.6) is 5.75 Å². The van der Waals surface area contributed by atoms with Crippen molar-refractivity contribution in [3.8, 4) is 5.75 Å². The minimum Gasteiger partial charge on any atom is -0.505 e. The van der Waals surface area contributed by atoms with Crippen molar-refractivity contribution in [2.75, 3.05) is 0 Å². The zero-order chi connectivity index (χ0) is 11.5. The lowest BCUT2D eigenvalue weighted by molar-refractivity contribution is 0.418. The minimum absolute atomic E-state index is 0.221. The molecule has 0 radical (unpaired) electrons. The van der Waals surface area contributed by atoms with Crippen LogP contribution in [0, 0.1) is 11.7 Å². The summed E-state index contributed by atoms with van der Waals surface area (Å²) in [4.78, 5) is 0. The van der Waals surface area contributed by atoms with Gasteiger partial charge in [-0.1, -0.05) is 19.1 Å². The Kier molecular flexibility index (Phi) is 3.44. The maximum atomic E-state index is 13.1. The quantitative estimate of drug-likeness (QED) is 0.825. The first-order valence-corrected chi connectivity index (χ1v) is 5.86. The number of nitrogens with one attached hydrogen (secondary N) is 1. The van der Waals surface area contributed by atoms with E-state index in [4.69, 9.17) is 0 Å². The largest absolute Gasteiger partial charge is 0.505 e. The molecular weight excluding hydrogens is 205 g/mol. The van der Waals surface area contributed by atoms with Crippen LogP contribution in [0.2, 0.25) is 0 Å². The molecule has 2 atom stereocenters. The van der Waals surface area contributed by atoms with Gasteiger partial charge >= 0.3 is 0 Å². The van der Waals surface area contributed by atoms with E-state index in [1.165, 1.54) is 25.3 Å². The second-order valence-corrected chi connectivity index (χ2v) is 4.74. The summed E-state index contributed by atoms with van der Waals surface area (Å²) in [6.07, 6.45) is 3.61. The maximum Gasteiger partial charge on any atom is 0.165 e. The number of halogens is 1. The predicted molar refractivity (Wildman–Crippen MR) is 61.7 cm³/mol. The number of hydrogen-bond acceptors (Lipinski definition) is 2. The lowest BCUT2D eigenvalue weighted by Crippen LogP contribution is -2.25. The van der Waals surface area contributed by atoms with Gasteiger partial charge in [-0.3, -0.25) is 0 Å². The lowest BCUT2D eigenvalue weighted by Gasteiger charge is -2.13. The van der Waals surface area contributed by atoms with Crippen LogP contribution in [0.15, 0.2) is 18.2 Å². The third kappa shape index (κ3) is 2.53. The number of phenols is 1. The summed E-state index contributed by atoms with van der Waals surface area (Å²) in [6, 6.07) is 5.17. The molecule has 1 aliphatic carbocycles. The van der Waals surface area contributed by atoms with E-state index in [0.29, 0.717) is 18.2 Å². The van der Waals surface area contributed by atoms with Crippen molar-refractivity contribution in [2.24, 2.45) is 5.92 Å². The van der Waals surface area contributed by atoms with Crippen LogP contribution < -0.4 is 5.32 Å². The standard InChI is InChI=1S/C13H18FNO/c1-9-5-6-11(7-9)15-8-10-3-2-4-12(14)13(10)16/h2-4,9,11,15-16H,5-8H2,1H3. The molecule has 1 aromatic rings. The Labute approximate surface area is 95.5 Å². The van der Waals surface area contributed by atoms with E-state index < -0.39 is 5.82 Å². The van der Waals surface area contributed by atoms with Gasteiger partial charge in [-0.05, 0) is 31.2 Å². The molecule has 0 amide bonds. The molecule has 0 saturated heterocycles. The number of rotatable bonds is 3. The topological polar surface area (TPSA) is 32.3 Å². The first kappa shape index (κ1) is 11.4. The zero-order valence-corrected chi connectivity index (χ0v) is 9.54. The Morgan fingerprint density at radius 2 is 2.25 bits per heavy atom. The molecule has 2 rings (SSSR count). The van der Waals surface area contributed by atoms with E-state index in [9.17, 15) is 9.50 Å². The smallest absolute Gasteiger partial charge is 0.165 e. The molecule has 2 N–H and O–H groups in total. The molecule has 0 aliphatic heterocycles. The summed E-state index contributed by atoms with van der Waals surface area (Å²) in [6.45, 7) is 2.79. The van der Waals surface area contributed by atoms with Crippen LogP contribution in [-0.4, -0.2) is 11.1 Å². The first-order chi connectivity index (χ1) is 7.66. The third-order valence-corrected chi connectivity index (χ3v) is 3.35. The summed E-state index contributed by atoms with van der Waals surface area (Å²) in [5.74, 6) is 0.0127. The van der Waals surface area contributed by atoms with Crippen LogP contribution >= 0.6 is 0 Å². The highest BCUT2D eigenvalue weighted by Gasteiger charge is 2.20. The Bertz CT molecular complexity index is 367. The van der Waals surface area contributed by atoms with Crippen molar-refractivity contribution in [3.63, 3.8) is 0 Å². The van der Waals surface area contributed by atoms with Crippen molar-refractivity contribution in [3.05, 3.63) is 29.6 Å². The zero-order valence-electron chi connectivity index (χ0n) is 9.54. The number of aromatic hydroxyl groups is 1. The van der Waals surface area contributed by atoms with Crippen LogP contribution in [0.4, 0.5) is 4.39 Å². The van der Waals surface area contributed by atoms with Gasteiger partial charge in [0.2, 0.25) is 0 Å². The molecular formula is C13H18FNO. The highest BCUT2D eigenvalue weighted by atomic mass is 19.1. The van der Waals surface area contributed by atoms with E-state index in [1.54, 1.807) is 12.1 Å². The van der Waals surface area contributed by atoms with Crippen LogP contribution in [0.3, 0.4) is 0 Å². The van der Waals surface area contributed by atoms with Gasteiger partial charge in [-0.2, -0.15) is 0 Å². The Hall–Kier alpha value is -1.09. The first-order valence-electron chi connectivity index (χ1n) is 5.86. The maximum absolute atomic E-state index is 13.1. The summed E-state index contributed by atoms with van der Waals surface area (Å²) < 4.78 is 13.1. The van der Waals surface area contributed by atoms with Gasteiger partial charge in [0.15, 0.2) is 11.6 Å². The van der Waals surface area contributed by atoms with E-state index >= 15 is 0 Å². The lowest BCUT2D eigenvalue weighted by atomic mass is 10.1. The van der Waals surface area contributed by atoms with Crippen LogP contribution in [0.1, 0.15) is 31.7 Å². The molecule has 2 unspecified atom stereocenters. The number of para-hydroxylation sites is 1. The molecule has 1 fully saturated rings. The van der Waals surface area contributed by atoms with Gasteiger partial charge in [-0.15, -0.1) is 0 Å². The minimum atomic E-state index is -0.543. The molecule has 0 bridgehead atoms. The van der Waals surface area contributed by atoms with Gasteiger partial charge in [0.05, 0.1) is 0 Å². The number of benzene rings is 1. The average Bonchev–Trinajstić information content (AvgIpc) is 2.67. The number of phenolic OH excluding ortho intramolecular Hbond substituents is 1. The van der Waals surface area contributed by atoms with E-state index in [2.05, 4.69) is 12.2 Å². The van der Waals surface area contributed by atoms with Crippen molar-refractivity contribution in [1.82, 2.24) is 5.32 Å². The fourth-order valence-corrected chi connectivity index (χ4v) is 2.35. The van der Waals surface area contributed by atoms with Gasteiger partial charge in [0.25, 0.3) is 0 Å². The SMILES string of the molecule is CC1CCC(NCc2cccc(F)c2O)C1. The molecule has 88 valence electrons. The summed E-state index contributed by atoms with van der Waals surface area (Å²) in [5.41, 5.74) is 0.638. The van der Waals surface area contributed by atoms with Crippen LogP contribution in [-0.2, 0) is 6.54 Å². The fourth-order valence-electron chi connectivity index (χ4n) is 2.35. The summed E-state index contributed by atoms with van der Waals surface area (Å²) >= 11 is 0. The Morgan fingerprint density at radius 3 is 2.94 bits per heavy atom. The molecule has 3 heteroatoms. The van der Waals surface area contributed by atoms with Gasteiger partial charge in [0, 0.05) is 18.2 Å². The summed E-state index contributed by atoms with van der Waals surface area (Å²) in [7, 11) is 0. The Morgan fingerprint density at radius 1 is 1.44 bits per heavy atom. The van der Waals surface area contributed by atoms with Crippen molar-refractivity contribution in [2.45, 2.75) is 38.8 Å². The van der Waals surface area contributed by atoms with E-state index in [-0.39, 0.29) is 5.75 Å². The average molecular weight is 223 g/mol. The monoisotopic (exact) mass is 223 g/mol. The molecule has 0 spiro atoms. The van der Waals surface area contributed by atoms with E-state index in [1.807, 2.05) is 0 Å². The van der Waals surface area contributed by atoms with Crippen molar-refractivity contribution < 1.29 is 9.50 Å². The molecule has 1 aromatic carbocycles. The fraction of sp³-hybridized carbons (Fsp3) is 0.538. The van der Waals surface area contributed by atoms with Gasteiger partial charge < -0.3 is 10.4 Å². The molecule has 2 nitrogen and oxygen atoms in total. The normalized spacial score (nSPS) is 24.9. The van der Waals surface area contributed by atoms with Crippen LogP contribution in [0.25, 0.3) is 0 Å². The molecule has 16 heavy (non-hydrogen) atoms. The molecule has 1 saturated carbocycles. The Balaban J connectivity index is 1.92. The van der Waals surface area contributed by atoms with E-state index in [0.717, 1.165) is 5.92 Å². The second-order valence-electron chi connectivity index (χ2n) is 4.74. The second kappa shape index (κ2) is 4.83. The predicted octanol–water partition coefficient (Wildman–Crippen LogP) is 2.81. The molecule has 0 aromatic heterocycles. The molecule has 1 aliphatic rings. The van der Waals surface area contributed by atoms with Crippen molar-refractivity contribution in [1.29, 1.82) is 0 Å².